The molecule has 3 rings (SSSR count). The summed E-state index contributed by atoms with van der Waals surface area (Å²) in [6.07, 6.45) is 7.16. The summed E-state index contributed by atoms with van der Waals surface area (Å²) in [7, 11) is 0. The molecule has 0 bridgehead atoms. The van der Waals surface area contributed by atoms with E-state index in [4.69, 9.17) is 14.2 Å². The number of rotatable bonds is 13. The van der Waals surface area contributed by atoms with E-state index in [0.29, 0.717) is 25.7 Å². The SMILES string of the molecule is CCCC[C@H](O)[C@H]1CC[C@@H]([C@@H](O)CC[C@H](O)[C@@H]2CC[C@@H](C[C@@H](O)CC3=C[C@H](C)O[C@@H]3C)O2)O1. The van der Waals surface area contributed by atoms with Crippen molar-refractivity contribution in [3.63, 3.8) is 0 Å². The fourth-order valence-electron chi connectivity index (χ4n) is 5.54. The van der Waals surface area contributed by atoms with E-state index in [2.05, 4.69) is 13.0 Å². The van der Waals surface area contributed by atoms with Gasteiger partial charge in [0.25, 0.3) is 0 Å². The number of hydrogen-bond acceptors (Lipinski definition) is 7. The predicted molar refractivity (Wildman–Crippen MR) is 126 cm³/mol. The summed E-state index contributed by atoms with van der Waals surface area (Å²) in [6, 6.07) is 0. The van der Waals surface area contributed by atoms with Crippen molar-refractivity contribution in [2.45, 2.75) is 152 Å². The number of ether oxygens (including phenoxy) is 3. The average molecular weight is 471 g/mol. The fourth-order valence-corrected chi connectivity index (χ4v) is 5.54. The Morgan fingerprint density at radius 2 is 1.39 bits per heavy atom. The summed E-state index contributed by atoms with van der Waals surface area (Å²) in [5.41, 5.74) is 1.15. The third-order valence-corrected chi connectivity index (χ3v) is 7.52. The van der Waals surface area contributed by atoms with Crippen LogP contribution in [-0.2, 0) is 14.2 Å². The first-order valence-corrected chi connectivity index (χ1v) is 13.2. The van der Waals surface area contributed by atoms with Gasteiger partial charge in [-0.15, -0.1) is 0 Å². The van der Waals surface area contributed by atoms with Gasteiger partial charge in [0.15, 0.2) is 0 Å². The number of unbranched alkanes of at least 4 members (excludes halogenated alkanes) is 1. The molecule has 0 aromatic rings. The van der Waals surface area contributed by atoms with Gasteiger partial charge in [-0.05, 0) is 77.2 Å². The molecule has 0 unspecified atom stereocenters. The lowest BCUT2D eigenvalue weighted by molar-refractivity contribution is -0.0857. The minimum atomic E-state index is -0.645. The van der Waals surface area contributed by atoms with Gasteiger partial charge >= 0.3 is 0 Å². The topological polar surface area (TPSA) is 109 Å². The Labute approximate surface area is 199 Å². The van der Waals surface area contributed by atoms with E-state index in [1.807, 2.05) is 13.8 Å². The molecule has 192 valence electrons. The molecule has 3 heterocycles. The van der Waals surface area contributed by atoms with Crippen LogP contribution in [-0.4, -0.2) is 81.5 Å². The zero-order valence-corrected chi connectivity index (χ0v) is 20.6. The van der Waals surface area contributed by atoms with Gasteiger partial charge in [0, 0.05) is 0 Å². The second-order valence-electron chi connectivity index (χ2n) is 10.4. The summed E-state index contributed by atoms with van der Waals surface area (Å²) in [5, 5.41) is 41.9. The third-order valence-electron chi connectivity index (χ3n) is 7.52. The lowest BCUT2D eigenvalue weighted by atomic mass is 9.98. The Hall–Kier alpha value is -0.540. The van der Waals surface area contributed by atoms with Crippen LogP contribution in [0.25, 0.3) is 0 Å². The van der Waals surface area contributed by atoms with Crippen molar-refractivity contribution in [3.05, 3.63) is 11.6 Å². The quantitative estimate of drug-likeness (QED) is 0.306. The molecule has 0 aromatic heterocycles. The van der Waals surface area contributed by atoms with E-state index in [1.165, 1.54) is 0 Å². The smallest absolute Gasteiger partial charge is 0.0840 e. The van der Waals surface area contributed by atoms with Crippen molar-refractivity contribution in [3.8, 4) is 0 Å². The highest BCUT2D eigenvalue weighted by Gasteiger charge is 2.36. The molecule has 0 amide bonds. The largest absolute Gasteiger partial charge is 0.393 e. The van der Waals surface area contributed by atoms with E-state index >= 15 is 0 Å². The fraction of sp³-hybridized carbons (Fsp3) is 0.923. The number of hydrogen-bond donors (Lipinski definition) is 4. The third kappa shape index (κ3) is 7.99. The molecule has 0 spiro atoms. The van der Waals surface area contributed by atoms with E-state index in [1.54, 1.807) is 0 Å². The maximum atomic E-state index is 10.6. The van der Waals surface area contributed by atoms with Crippen molar-refractivity contribution < 1.29 is 34.6 Å². The van der Waals surface area contributed by atoms with Crippen LogP contribution in [0.4, 0.5) is 0 Å². The lowest BCUT2D eigenvalue weighted by Gasteiger charge is -2.24. The molecular formula is C26H46O7. The second kappa shape index (κ2) is 13.0. The molecule has 3 aliphatic heterocycles. The predicted octanol–water partition coefficient (Wildman–Crippen LogP) is 3.01. The van der Waals surface area contributed by atoms with Gasteiger partial charge < -0.3 is 34.6 Å². The van der Waals surface area contributed by atoms with Crippen molar-refractivity contribution in [1.82, 2.24) is 0 Å². The molecule has 0 aliphatic carbocycles. The van der Waals surface area contributed by atoms with Crippen LogP contribution in [0.2, 0.25) is 0 Å². The molecule has 0 aromatic carbocycles. The van der Waals surface area contributed by atoms with Gasteiger partial charge in [0.1, 0.15) is 0 Å². The molecule has 4 N–H and O–H groups in total. The minimum absolute atomic E-state index is 0.0521. The Balaban J connectivity index is 1.33. The van der Waals surface area contributed by atoms with Gasteiger partial charge in [-0.3, -0.25) is 0 Å². The van der Waals surface area contributed by atoms with Crippen molar-refractivity contribution in [2.75, 3.05) is 0 Å². The van der Waals surface area contributed by atoms with Gasteiger partial charge in [-0.1, -0.05) is 25.8 Å². The Morgan fingerprint density at radius 3 is 1.97 bits per heavy atom. The van der Waals surface area contributed by atoms with Crippen LogP contribution in [0, 0.1) is 0 Å². The van der Waals surface area contributed by atoms with Gasteiger partial charge in [0.2, 0.25) is 0 Å². The van der Waals surface area contributed by atoms with Crippen LogP contribution < -0.4 is 0 Å². The van der Waals surface area contributed by atoms with Gasteiger partial charge in [0.05, 0.1) is 61.0 Å². The minimum Gasteiger partial charge on any atom is -0.393 e. The second-order valence-corrected chi connectivity index (χ2v) is 10.4. The van der Waals surface area contributed by atoms with E-state index < -0.39 is 24.4 Å². The summed E-state index contributed by atoms with van der Waals surface area (Å²) >= 11 is 0. The molecule has 7 nitrogen and oxygen atoms in total. The first-order valence-electron chi connectivity index (χ1n) is 13.2. The summed E-state index contributed by atoms with van der Waals surface area (Å²) < 4.78 is 17.7. The van der Waals surface area contributed by atoms with Gasteiger partial charge in [-0.2, -0.15) is 0 Å². The van der Waals surface area contributed by atoms with E-state index in [9.17, 15) is 20.4 Å². The van der Waals surface area contributed by atoms with Crippen LogP contribution in [0.3, 0.4) is 0 Å². The summed E-state index contributed by atoms with van der Waals surface area (Å²) in [4.78, 5) is 0. The van der Waals surface area contributed by atoms with Crippen molar-refractivity contribution >= 4 is 0 Å². The summed E-state index contributed by atoms with van der Waals surface area (Å²) in [6.45, 7) is 6.12. The molecule has 0 saturated carbocycles. The Bertz CT molecular complexity index is 611. The van der Waals surface area contributed by atoms with E-state index in [0.717, 1.165) is 50.5 Å². The Kier molecular flexibility index (Phi) is 10.6. The molecule has 7 heteroatoms. The van der Waals surface area contributed by atoms with Crippen LogP contribution in [0.15, 0.2) is 11.6 Å². The molecule has 0 radical (unpaired) electrons. The van der Waals surface area contributed by atoms with Gasteiger partial charge in [-0.25, -0.2) is 0 Å². The van der Waals surface area contributed by atoms with Crippen LogP contribution in [0.1, 0.15) is 91.4 Å². The normalized spacial score (nSPS) is 36.0. The molecular weight excluding hydrogens is 424 g/mol. The average Bonchev–Trinajstić information content (AvgIpc) is 3.51. The Morgan fingerprint density at radius 1 is 0.818 bits per heavy atom. The van der Waals surface area contributed by atoms with E-state index in [-0.39, 0.29) is 36.6 Å². The summed E-state index contributed by atoms with van der Waals surface area (Å²) in [5.74, 6) is 0. The highest BCUT2D eigenvalue weighted by molar-refractivity contribution is 5.15. The molecule has 3 aliphatic rings. The number of aliphatic hydroxyl groups excluding tert-OH is 4. The zero-order chi connectivity index (χ0) is 24.0. The van der Waals surface area contributed by atoms with Crippen LogP contribution in [0.5, 0.6) is 0 Å². The molecule has 2 saturated heterocycles. The first kappa shape index (κ1) is 27.1. The number of aliphatic hydroxyl groups is 4. The maximum absolute atomic E-state index is 10.6. The lowest BCUT2D eigenvalue weighted by Crippen LogP contribution is -2.33. The highest BCUT2D eigenvalue weighted by atomic mass is 16.5. The zero-order valence-electron chi connectivity index (χ0n) is 20.6. The molecule has 10 atom stereocenters. The molecule has 33 heavy (non-hydrogen) atoms. The highest BCUT2D eigenvalue weighted by Crippen LogP contribution is 2.31. The monoisotopic (exact) mass is 470 g/mol. The van der Waals surface area contributed by atoms with Crippen LogP contribution >= 0.6 is 0 Å². The maximum Gasteiger partial charge on any atom is 0.0840 e. The van der Waals surface area contributed by atoms with Crippen molar-refractivity contribution in [1.29, 1.82) is 0 Å². The van der Waals surface area contributed by atoms with Crippen molar-refractivity contribution in [2.24, 2.45) is 0 Å². The standard InChI is InChI=1S/C26H46O7/c1-4-5-6-21(28)25-11-12-26(33-25)23(30)9-8-22(29)24-10-7-20(32-24)15-19(27)14-18-13-16(2)31-17(18)3/h13,16-17,19-30H,4-12,14-15H2,1-3H3/t16-,17+,19-,20-,21-,22-,23-,24-,25+,26-/m0/s1. The first-order chi connectivity index (χ1) is 15.8. The molecule has 2 fully saturated rings.